The summed E-state index contributed by atoms with van der Waals surface area (Å²) in [6.07, 6.45) is 0. The molecule has 1 saturated heterocycles. The number of rotatable bonds is 5. The summed E-state index contributed by atoms with van der Waals surface area (Å²) in [6.45, 7) is 2.57. The van der Waals surface area contributed by atoms with Crippen molar-refractivity contribution in [2.24, 2.45) is 0 Å². The van der Waals surface area contributed by atoms with Gasteiger partial charge in [0.25, 0.3) is 5.91 Å². The highest BCUT2D eigenvalue weighted by atomic mass is 35.5. The lowest BCUT2D eigenvalue weighted by Crippen LogP contribution is -2.36. The Kier molecular flexibility index (Phi) is 7.02. The van der Waals surface area contributed by atoms with E-state index in [1.807, 2.05) is 12.1 Å². The molecule has 1 N–H and O–H groups in total. The van der Waals surface area contributed by atoms with Gasteiger partial charge in [0.05, 0.1) is 33.8 Å². The summed E-state index contributed by atoms with van der Waals surface area (Å²) in [7, 11) is 0. The molecule has 1 aliphatic heterocycles. The van der Waals surface area contributed by atoms with Crippen molar-refractivity contribution >= 4 is 58.1 Å². The first-order valence-corrected chi connectivity index (χ1v) is 9.62. The first kappa shape index (κ1) is 20.7. The number of hydrogen-bond acceptors (Lipinski definition) is 5. The lowest BCUT2D eigenvalue weighted by molar-refractivity contribution is -0.119. The Morgan fingerprint density at radius 3 is 2.32 bits per heavy atom. The summed E-state index contributed by atoms with van der Waals surface area (Å²) in [5, 5.41) is 2.92. The van der Waals surface area contributed by atoms with Crippen molar-refractivity contribution in [3.8, 4) is 0 Å². The predicted octanol–water partition coefficient (Wildman–Crippen LogP) is 4.28. The molecule has 1 amide bonds. The van der Waals surface area contributed by atoms with Gasteiger partial charge >= 0.3 is 5.97 Å². The van der Waals surface area contributed by atoms with Crippen molar-refractivity contribution in [1.29, 1.82) is 0 Å². The summed E-state index contributed by atoms with van der Waals surface area (Å²) >= 11 is 17.8. The quantitative estimate of drug-likeness (QED) is 0.552. The van der Waals surface area contributed by atoms with Gasteiger partial charge in [0.2, 0.25) is 0 Å². The van der Waals surface area contributed by atoms with E-state index in [4.69, 9.17) is 44.3 Å². The molecule has 0 atom stereocenters. The second-order valence-electron chi connectivity index (χ2n) is 5.99. The second kappa shape index (κ2) is 9.47. The fourth-order valence-electron chi connectivity index (χ4n) is 2.69. The van der Waals surface area contributed by atoms with Gasteiger partial charge in [0.15, 0.2) is 6.61 Å². The minimum atomic E-state index is -0.824. The molecule has 28 heavy (non-hydrogen) atoms. The number of anilines is 2. The molecule has 0 unspecified atom stereocenters. The average Bonchev–Trinajstić information content (AvgIpc) is 2.71. The number of benzene rings is 2. The van der Waals surface area contributed by atoms with Crippen LogP contribution >= 0.6 is 34.8 Å². The van der Waals surface area contributed by atoms with E-state index in [9.17, 15) is 9.59 Å². The topological polar surface area (TPSA) is 67.9 Å². The van der Waals surface area contributed by atoms with Crippen molar-refractivity contribution in [3.63, 3.8) is 0 Å². The van der Waals surface area contributed by atoms with E-state index < -0.39 is 18.5 Å². The molecule has 6 nitrogen and oxygen atoms in total. The highest BCUT2D eigenvalue weighted by Crippen LogP contribution is 2.31. The molecule has 0 bridgehead atoms. The minimum Gasteiger partial charge on any atom is -0.452 e. The summed E-state index contributed by atoms with van der Waals surface area (Å²) in [5.74, 6) is -1.31. The Bertz CT molecular complexity index is 868. The molecule has 3 rings (SSSR count). The molecule has 0 radical (unpaired) electrons. The monoisotopic (exact) mass is 442 g/mol. The van der Waals surface area contributed by atoms with Crippen LogP contribution in [0.4, 0.5) is 11.4 Å². The smallest absolute Gasteiger partial charge is 0.341 e. The van der Waals surface area contributed by atoms with Gasteiger partial charge < -0.3 is 19.7 Å². The van der Waals surface area contributed by atoms with Crippen LogP contribution in [0.15, 0.2) is 36.4 Å². The van der Waals surface area contributed by atoms with Crippen LogP contribution in [0.1, 0.15) is 10.4 Å². The van der Waals surface area contributed by atoms with Crippen LogP contribution in [0, 0.1) is 0 Å². The van der Waals surface area contributed by atoms with Gasteiger partial charge in [-0.05, 0) is 36.4 Å². The largest absolute Gasteiger partial charge is 0.452 e. The van der Waals surface area contributed by atoms with Crippen LogP contribution in [-0.2, 0) is 14.3 Å². The summed E-state index contributed by atoms with van der Waals surface area (Å²) < 4.78 is 10.3. The van der Waals surface area contributed by atoms with E-state index in [0.29, 0.717) is 18.9 Å². The number of amides is 1. The molecular weight excluding hydrogens is 427 g/mol. The minimum absolute atomic E-state index is 0.0155. The van der Waals surface area contributed by atoms with Gasteiger partial charge in [0, 0.05) is 24.5 Å². The summed E-state index contributed by atoms with van der Waals surface area (Å²) in [4.78, 5) is 26.4. The first-order valence-electron chi connectivity index (χ1n) is 8.49. The molecule has 9 heteroatoms. The molecule has 0 saturated carbocycles. The number of morpholine rings is 1. The van der Waals surface area contributed by atoms with Gasteiger partial charge in [-0.25, -0.2) is 4.79 Å². The SMILES string of the molecule is O=C(COC(=O)c1c(Cl)ccc(Cl)c1Cl)Nc1ccc(N2CCOCC2)cc1. The Morgan fingerprint density at radius 1 is 1.00 bits per heavy atom. The van der Waals surface area contributed by atoms with Crippen LogP contribution in [0.2, 0.25) is 15.1 Å². The van der Waals surface area contributed by atoms with E-state index in [-0.39, 0.29) is 20.6 Å². The van der Waals surface area contributed by atoms with Gasteiger partial charge in [-0.1, -0.05) is 34.8 Å². The van der Waals surface area contributed by atoms with Crippen LogP contribution in [0.3, 0.4) is 0 Å². The number of ether oxygens (including phenoxy) is 2. The van der Waals surface area contributed by atoms with E-state index in [1.54, 1.807) is 12.1 Å². The lowest BCUT2D eigenvalue weighted by Gasteiger charge is -2.28. The van der Waals surface area contributed by atoms with Crippen molar-refractivity contribution < 1.29 is 19.1 Å². The third kappa shape index (κ3) is 5.08. The number of carbonyl (C=O) groups excluding carboxylic acids is 2. The number of nitrogens with zero attached hydrogens (tertiary/aromatic N) is 1. The zero-order valence-corrected chi connectivity index (χ0v) is 17.0. The fourth-order valence-corrected chi connectivity index (χ4v) is 3.37. The highest BCUT2D eigenvalue weighted by Gasteiger charge is 2.20. The van der Waals surface area contributed by atoms with Crippen molar-refractivity contribution in [2.45, 2.75) is 0 Å². The second-order valence-corrected chi connectivity index (χ2v) is 7.18. The predicted molar refractivity (Wildman–Crippen MR) is 110 cm³/mol. The summed E-state index contributed by atoms with van der Waals surface area (Å²) in [6, 6.07) is 10.3. The third-order valence-electron chi connectivity index (χ3n) is 4.11. The molecule has 1 aliphatic rings. The molecule has 148 valence electrons. The normalized spacial score (nSPS) is 13.9. The van der Waals surface area contributed by atoms with Crippen LogP contribution < -0.4 is 10.2 Å². The zero-order chi connectivity index (χ0) is 20.1. The zero-order valence-electron chi connectivity index (χ0n) is 14.7. The molecular formula is C19H17Cl3N2O4. The van der Waals surface area contributed by atoms with Crippen LogP contribution in [-0.4, -0.2) is 44.8 Å². The Hall–Kier alpha value is -1.99. The van der Waals surface area contributed by atoms with E-state index >= 15 is 0 Å². The van der Waals surface area contributed by atoms with Gasteiger partial charge in [-0.3, -0.25) is 4.79 Å². The molecule has 2 aromatic rings. The fraction of sp³-hybridized carbons (Fsp3) is 0.263. The molecule has 0 spiro atoms. The molecule has 0 aromatic heterocycles. The first-order chi connectivity index (χ1) is 13.5. The number of carbonyl (C=O) groups is 2. The van der Waals surface area contributed by atoms with Crippen LogP contribution in [0.5, 0.6) is 0 Å². The Morgan fingerprint density at radius 2 is 1.64 bits per heavy atom. The maximum absolute atomic E-state index is 12.2. The van der Waals surface area contributed by atoms with Crippen molar-refractivity contribution in [3.05, 3.63) is 57.0 Å². The Labute approximate surface area is 177 Å². The van der Waals surface area contributed by atoms with Crippen molar-refractivity contribution in [1.82, 2.24) is 0 Å². The number of halogens is 3. The highest BCUT2D eigenvalue weighted by molar-refractivity contribution is 6.46. The van der Waals surface area contributed by atoms with Gasteiger partial charge in [-0.2, -0.15) is 0 Å². The molecule has 1 heterocycles. The maximum Gasteiger partial charge on any atom is 0.341 e. The third-order valence-corrected chi connectivity index (χ3v) is 5.23. The molecule has 1 fully saturated rings. The van der Waals surface area contributed by atoms with E-state index in [1.165, 1.54) is 12.1 Å². The number of esters is 1. The average molecular weight is 444 g/mol. The maximum atomic E-state index is 12.2. The standard InChI is InChI=1S/C19H17Cl3N2O4/c20-14-5-6-15(21)18(22)17(14)19(26)28-11-16(25)23-12-1-3-13(4-2-12)24-7-9-27-10-8-24/h1-6H,7-11H2,(H,23,25). The lowest BCUT2D eigenvalue weighted by atomic mass is 10.2. The molecule has 0 aliphatic carbocycles. The number of hydrogen-bond donors (Lipinski definition) is 1. The van der Waals surface area contributed by atoms with Crippen molar-refractivity contribution in [2.75, 3.05) is 43.1 Å². The van der Waals surface area contributed by atoms with E-state index in [0.717, 1.165) is 18.8 Å². The molecule has 2 aromatic carbocycles. The van der Waals surface area contributed by atoms with E-state index in [2.05, 4.69) is 10.2 Å². The van der Waals surface area contributed by atoms with Gasteiger partial charge in [0.1, 0.15) is 0 Å². The summed E-state index contributed by atoms with van der Waals surface area (Å²) in [5.41, 5.74) is 1.58. The van der Waals surface area contributed by atoms with Gasteiger partial charge in [-0.15, -0.1) is 0 Å². The Balaban J connectivity index is 1.54. The number of nitrogens with one attached hydrogen (secondary N) is 1. The van der Waals surface area contributed by atoms with Crippen LogP contribution in [0.25, 0.3) is 0 Å².